The van der Waals surface area contributed by atoms with Crippen LogP contribution in [0, 0.1) is 20.8 Å². The lowest BCUT2D eigenvalue weighted by molar-refractivity contribution is 0.0316. The Morgan fingerprint density at radius 2 is 2.04 bits per heavy atom. The molecule has 2 N–H and O–H groups in total. The second kappa shape index (κ2) is 6.33. The van der Waals surface area contributed by atoms with Crippen molar-refractivity contribution >= 4 is 27.5 Å². The molecule has 1 unspecified atom stereocenters. The van der Waals surface area contributed by atoms with Crippen molar-refractivity contribution in [1.29, 1.82) is 0 Å². The van der Waals surface area contributed by atoms with Crippen molar-refractivity contribution in [2.75, 3.05) is 0 Å². The number of hydrogen-bond acceptors (Lipinski definition) is 6. The van der Waals surface area contributed by atoms with E-state index in [0.717, 1.165) is 10.4 Å². The van der Waals surface area contributed by atoms with Gasteiger partial charge in [-0.3, -0.25) is 4.79 Å². The normalized spacial score (nSPS) is 12.3. The first-order chi connectivity index (χ1) is 11.8. The van der Waals surface area contributed by atoms with Crippen LogP contribution in [0.5, 0.6) is 5.75 Å². The average molecular weight is 358 g/mol. The molecule has 0 radical (unpaired) electrons. The predicted molar refractivity (Wildman–Crippen MR) is 96.4 cm³/mol. The van der Waals surface area contributed by atoms with Crippen molar-refractivity contribution < 1.29 is 14.6 Å². The van der Waals surface area contributed by atoms with Gasteiger partial charge in [0, 0.05) is 4.88 Å². The van der Waals surface area contributed by atoms with Gasteiger partial charge in [0.1, 0.15) is 16.1 Å². The number of ether oxygens (including phenoxy) is 1. The van der Waals surface area contributed by atoms with Gasteiger partial charge < -0.3 is 14.8 Å². The summed E-state index contributed by atoms with van der Waals surface area (Å²) >= 11 is 1.43. The number of phenolic OH excluding ortho intramolecular Hbond substituents is 1. The SMILES string of the molecule is Cc1cccc(C(=O)OC(C)c2nc3sc(C)c(C)c3c(=O)[nH]2)c1O. The van der Waals surface area contributed by atoms with Gasteiger partial charge in [0.2, 0.25) is 0 Å². The summed E-state index contributed by atoms with van der Waals surface area (Å²) in [5, 5.41) is 10.6. The third-order valence-electron chi connectivity index (χ3n) is 4.18. The predicted octanol–water partition coefficient (Wildman–Crippen LogP) is 3.53. The third-order valence-corrected chi connectivity index (χ3v) is 5.29. The van der Waals surface area contributed by atoms with Crippen LogP contribution < -0.4 is 5.56 Å². The number of benzene rings is 1. The number of H-pyrrole nitrogens is 1. The Balaban J connectivity index is 1.92. The molecule has 130 valence electrons. The molecule has 0 aliphatic carbocycles. The van der Waals surface area contributed by atoms with Crippen LogP contribution >= 0.6 is 11.3 Å². The van der Waals surface area contributed by atoms with E-state index in [2.05, 4.69) is 9.97 Å². The number of carbonyl (C=O) groups is 1. The van der Waals surface area contributed by atoms with E-state index in [4.69, 9.17) is 4.74 Å². The van der Waals surface area contributed by atoms with Crippen molar-refractivity contribution in [3.05, 3.63) is 55.9 Å². The van der Waals surface area contributed by atoms with Gasteiger partial charge in [0.25, 0.3) is 5.56 Å². The molecule has 0 spiro atoms. The molecule has 0 bridgehead atoms. The Kier molecular flexibility index (Phi) is 4.34. The number of carbonyl (C=O) groups excluding carboxylic acids is 1. The molecule has 7 heteroatoms. The van der Waals surface area contributed by atoms with Crippen LogP contribution in [0.2, 0.25) is 0 Å². The van der Waals surface area contributed by atoms with Crippen LogP contribution in [-0.2, 0) is 4.74 Å². The molecule has 2 aromatic heterocycles. The fourth-order valence-corrected chi connectivity index (χ4v) is 3.60. The van der Waals surface area contributed by atoms with E-state index in [9.17, 15) is 14.7 Å². The maximum Gasteiger partial charge on any atom is 0.342 e. The topological polar surface area (TPSA) is 92.3 Å². The Labute approximate surface area is 148 Å². The van der Waals surface area contributed by atoms with Gasteiger partial charge in [-0.15, -0.1) is 11.3 Å². The molecule has 25 heavy (non-hydrogen) atoms. The molecule has 3 aromatic rings. The van der Waals surface area contributed by atoms with Gasteiger partial charge in [0.05, 0.1) is 5.39 Å². The van der Waals surface area contributed by atoms with Gasteiger partial charge in [-0.2, -0.15) is 0 Å². The van der Waals surface area contributed by atoms with Gasteiger partial charge in [-0.25, -0.2) is 9.78 Å². The Hall–Kier alpha value is -2.67. The molecule has 0 saturated heterocycles. The van der Waals surface area contributed by atoms with E-state index >= 15 is 0 Å². The van der Waals surface area contributed by atoms with Crippen molar-refractivity contribution in [2.24, 2.45) is 0 Å². The molecule has 0 fully saturated rings. The smallest absolute Gasteiger partial charge is 0.342 e. The number of phenols is 1. The van der Waals surface area contributed by atoms with E-state index in [1.54, 1.807) is 26.0 Å². The summed E-state index contributed by atoms with van der Waals surface area (Å²) in [6.07, 6.45) is -0.757. The summed E-state index contributed by atoms with van der Waals surface area (Å²) in [5.74, 6) is -0.504. The molecule has 0 aliphatic heterocycles. The van der Waals surface area contributed by atoms with Crippen LogP contribution in [0.25, 0.3) is 10.2 Å². The number of rotatable bonds is 3. The number of aromatic nitrogens is 2. The van der Waals surface area contributed by atoms with Gasteiger partial charge in [0.15, 0.2) is 11.9 Å². The van der Waals surface area contributed by atoms with Crippen LogP contribution in [0.15, 0.2) is 23.0 Å². The fraction of sp³-hybridized carbons (Fsp3) is 0.278. The molecule has 1 atom stereocenters. The maximum atomic E-state index is 12.3. The van der Waals surface area contributed by atoms with E-state index < -0.39 is 12.1 Å². The van der Waals surface area contributed by atoms with Crippen LogP contribution in [0.1, 0.15) is 45.2 Å². The van der Waals surface area contributed by atoms with Crippen LogP contribution in [0.4, 0.5) is 0 Å². The van der Waals surface area contributed by atoms with Gasteiger partial charge in [-0.05, 0) is 44.9 Å². The van der Waals surface area contributed by atoms with Crippen LogP contribution in [-0.4, -0.2) is 21.0 Å². The minimum Gasteiger partial charge on any atom is -0.507 e. The zero-order chi connectivity index (χ0) is 18.3. The number of aromatic hydroxyl groups is 1. The maximum absolute atomic E-state index is 12.3. The largest absolute Gasteiger partial charge is 0.507 e. The van der Waals surface area contributed by atoms with Crippen molar-refractivity contribution in [3.63, 3.8) is 0 Å². The standard InChI is InChI=1S/C18H18N2O4S/c1-8-6-5-7-12(14(8)21)18(23)24-10(3)15-19-16(22)13-9(2)11(4)25-17(13)20-15/h5-7,10,21H,1-4H3,(H,19,20,22). The number of nitrogens with zero attached hydrogens (tertiary/aromatic N) is 1. The average Bonchev–Trinajstić information content (AvgIpc) is 2.84. The highest BCUT2D eigenvalue weighted by Crippen LogP contribution is 2.28. The lowest BCUT2D eigenvalue weighted by Gasteiger charge is -2.13. The molecule has 0 saturated carbocycles. The van der Waals surface area contributed by atoms with Crippen LogP contribution in [0.3, 0.4) is 0 Å². The number of nitrogens with one attached hydrogen (secondary N) is 1. The molecular weight excluding hydrogens is 340 g/mol. The molecule has 0 aliphatic rings. The first-order valence-corrected chi connectivity index (χ1v) is 8.60. The summed E-state index contributed by atoms with van der Waals surface area (Å²) in [6, 6.07) is 4.85. The first-order valence-electron chi connectivity index (χ1n) is 7.79. The second-order valence-corrected chi connectivity index (χ2v) is 7.14. The summed E-state index contributed by atoms with van der Waals surface area (Å²) < 4.78 is 5.37. The van der Waals surface area contributed by atoms with Gasteiger partial charge in [-0.1, -0.05) is 12.1 Å². The number of aryl methyl sites for hydroxylation is 3. The van der Waals surface area contributed by atoms with E-state index in [1.807, 2.05) is 13.8 Å². The number of para-hydroxylation sites is 1. The van der Waals surface area contributed by atoms with Gasteiger partial charge >= 0.3 is 5.97 Å². The minimum atomic E-state index is -0.757. The van der Waals surface area contributed by atoms with E-state index in [1.165, 1.54) is 17.4 Å². The van der Waals surface area contributed by atoms with Crippen molar-refractivity contribution in [1.82, 2.24) is 9.97 Å². The Bertz CT molecular complexity index is 1040. The molecule has 0 amide bonds. The zero-order valence-corrected chi connectivity index (χ0v) is 15.2. The van der Waals surface area contributed by atoms with Crippen molar-refractivity contribution in [2.45, 2.75) is 33.8 Å². The first kappa shape index (κ1) is 17.2. The monoisotopic (exact) mass is 358 g/mol. The number of thiophene rings is 1. The fourth-order valence-electron chi connectivity index (χ4n) is 2.57. The second-order valence-electron chi connectivity index (χ2n) is 5.93. The molecule has 1 aromatic carbocycles. The molecule has 3 rings (SSSR count). The van der Waals surface area contributed by atoms with E-state index in [0.29, 0.717) is 15.8 Å². The minimum absolute atomic E-state index is 0.0816. The lowest BCUT2D eigenvalue weighted by atomic mass is 10.1. The Morgan fingerprint density at radius 3 is 2.76 bits per heavy atom. The van der Waals surface area contributed by atoms with E-state index in [-0.39, 0.29) is 22.7 Å². The lowest BCUT2D eigenvalue weighted by Crippen LogP contribution is -2.17. The number of hydrogen-bond donors (Lipinski definition) is 2. The summed E-state index contributed by atoms with van der Waals surface area (Å²) in [4.78, 5) is 33.4. The highest BCUT2D eigenvalue weighted by atomic mass is 32.1. The summed E-state index contributed by atoms with van der Waals surface area (Å²) in [5.41, 5.74) is 1.33. The molecular formula is C18H18N2O4S. The quantitative estimate of drug-likeness (QED) is 0.699. The number of esters is 1. The number of fused-ring (bicyclic) bond motifs is 1. The van der Waals surface area contributed by atoms with Crippen molar-refractivity contribution in [3.8, 4) is 5.75 Å². The molecule has 6 nitrogen and oxygen atoms in total. The number of aromatic amines is 1. The zero-order valence-electron chi connectivity index (χ0n) is 14.3. The summed E-state index contributed by atoms with van der Waals surface area (Å²) in [6.45, 7) is 7.14. The Morgan fingerprint density at radius 1 is 1.32 bits per heavy atom. The third kappa shape index (κ3) is 3.02. The summed E-state index contributed by atoms with van der Waals surface area (Å²) in [7, 11) is 0. The highest BCUT2D eigenvalue weighted by molar-refractivity contribution is 7.18. The highest BCUT2D eigenvalue weighted by Gasteiger charge is 2.21. The molecule has 2 heterocycles.